The number of carboxylic acid groups (broad SMARTS) is 1. The van der Waals surface area contributed by atoms with Gasteiger partial charge in [0.1, 0.15) is 5.56 Å². The largest absolute Gasteiger partial charge is 0.477 e. The number of nitro benzene ring substituents is 1. The van der Waals surface area contributed by atoms with Crippen molar-refractivity contribution in [2.45, 2.75) is 0 Å². The first-order valence-electron chi connectivity index (χ1n) is 6.48. The van der Waals surface area contributed by atoms with E-state index in [-0.39, 0.29) is 17.3 Å². The van der Waals surface area contributed by atoms with Crippen LogP contribution in [0.4, 0.5) is 5.69 Å². The van der Waals surface area contributed by atoms with Crippen LogP contribution in [0.5, 0.6) is 0 Å². The molecular formula is C15H9N3O5. The average molecular weight is 311 g/mol. The molecule has 1 N–H and O–H groups in total. The van der Waals surface area contributed by atoms with Crippen molar-refractivity contribution >= 4 is 11.7 Å². The van der Waals surface area contributed by atoms with Gasteiger partial charge >= 0.3 is 5.97 Å². The molecule has 0 radical (unpaired) electrons. The quantitative estimate of drug-likeness (QED) is 0.580. The van der Waals surface area contributed by atoms with E-state index in [2.05, 4.69) is 10.2 Å². The Morgan fingerprint density at radius 3 is 2.39 bits per heavy atom. The number of aromatic nitrogens is 2. The Hall–Kier alpha value is -3.55. The fraction of sp³-hybridized carbons (Fsp3) is 0. The second-order valence-corrected chi connectivity index (χ2v) is 4.54. The van der Waals surface area contributed by atoms with Gasteiger partial charge in [-0.3, -0.25) is 10.1 Å². The summed E-state index contributed by atoms with van der Waals surface area (Å²) in [5.41, 5.74) is -0.356. The molecule has 1 heterocycles. The zero-order valence-corrected chi connectivity index (χ0v) is 11.5. The third kappa shape index (κ3) is 2.64. The van der Waals surface area contributed by atoms with Crippen LogP contribution < -0.4 is 0 Å². The van der Waals surface area contributed by atoms with E-state index in [9.17, 15) is 20.0 Å². The molecule has 0 unspecified atom stereocenters. The van der Waals surface area contributed by atoms with Gasteiger partial charge in [-0.1, -0.05) is 24.3 Å². The molecule has 0 amide bonds. The van der Waals surface area contributed by atoms with Gasteiger partial charge in [0, 0.05) is 11.6 Å². The first-order valence-corrected chi connectivity index (χ1v) is 6.48. The van der Waals surface area contributed by atoms with Gasteiger partial charge in [-0.2, -0.15) is 0 Å². The Labute approximate surface area is 129 Å². The van der Waals surface area contributed by atoms with Gasteiger partial charge in [0.2, 0.25) is 11.8 Å². The molecule has 0 saturated heterocycles. The molecule has 8 nitrogen and oxygen atoms in total. The van der Waals surface area contributed by atoms with Crippen molar-refractivity contribution in [2.24, 2.45) is 0 Å². The summed E-state index contributed by atoms with van der Waals surface area (Å²) in [6, 6.07) is 12.8. The normalized spacial score (nSPS) is 10.4. The molecule has 0 aliphatic carbocycles. The fourth-order valence-corrected chi connectivity index (χ4v) is 2.12. The van der Waals surface area contributed by atoms with Crippen molar-refractivity contribution in [2.75, 3.05) is 0 Å². The SMILES string of the molecule is O=C(O)c1c(-c2nnc(-c3ccccc3)o2)cccc1[N+](=O)[O-]. The van der Waals surface area contributed by atoms with Crippen molar-refractivity contribution in [3.05, 3.63) is 64.2 Å². The van der Waals surface area contributed by atoms with Crippen LogP contribution in [0.15, 0.2) is 52.9 Å². The molecule has 8 heteroatoms. The molecule has 3 rings (SSSR count). The third-order valence-corrected chi connectivity index (χ3v) is 3.13. The highest BCUT2D eigenvalue weighted by molar-refractivity contribution is 5.99. The Morgan fingerprint density at radius 2 is 1.74 bits per heavy atom. The van der Waals surface area contributed by atoms with Gasteiger partial charge in [-0.15, -0.1) is 10.2 Å². The molecule has 0 saturated carbocycles. The van der Waals surface area contributed by atoms with Crippen molar-refractivity contribution in [3.8, 4) is 22.9 Å². The third-order valence-electron chi connectivity index (χ3n) is 3.13. The summed E-state index contributed by atoms with van der Waals surface area (Å²) in [5, 5.41) is 28.0. The minimum absolute atomic E-state index is 0.00128. The molecular weight excluding hydrogens is 302 g/mol. The van der Waals surface area contributed by atoms with Crippen LogP contribution in [0.2, 0.25) is 0 Å². The van der Waals surface area contributed by atoms with E-state index in [1.54, 1.807) is 24.3 Å². The number of hydrogen-bond donors (Lipinski definition) is 1. The summed E-state index contributed by atoms with van der Waals surface area (Å²) in [7, 11) is 0. The second kappa shape index (κ2) is 5.68. The van der Waals surface area contributed by atoms with Gasteiger partial charge in [0.15, 0.2) is 0 Å². The lowest BCUT2D eigenvalue weighted by Crippen LogP contribution is -2.05. The average Bonchev–Trinajstić information content (AvgIpc) is 3.04. The summed E-state index contributed by atoms with van der Waals surface area (Å²) >= 11 is 0. The highest BCUT2D eigenvalue weighted by Gasteiger charge is 2.27. The lowest BCUT2D eigenvalue weighted by Gasteiger charge is -2.02. The summed E-state index contributed by atoms with van der Waals surface area (Å²) in [6.45, 7) is 0. The molecule has 0 spiro atoms. The predicted molar refractivity (Wildman–Crippen MR) is 78.8 cm³/mol. The lowest BCUT2D eigenvalue weighted by molar-refractivity contribution is -0.385. The maximum absolute atomic E-state index is 11.4. The standard InChI is InChI=1S/C15H9N3O5/c19-15(20)12-10(7-4-8-11(12)18(21)22)14-17-16-13(23-14)9-5-2-1-3-6-9/h1-8H,(H,19,20). The highest BCUT2D eigenvalue weighted by atomic mass is 16.6. The van der Waals surface area contributed by atoms with Crippen molar-refractivity contribution in [3.63, 3.8) is 0 Å². The molecule has 0 aliphatic heterocycles. The van der Waals surface area contributed by atoms with Crippen LogP contribution in [0, 0.1) is 10.1 Å². The fourth-order valence-electron chi connectivity index (χ4n) is 2.12. The topological polar surface area (TPSA) is 119 Å². The number of nitrogens with zero attached hydrogens (tertiary/aromatic N) is 3. The first-order chi connectivity index (χ1) is 11.1. The Balaban J connectivity index is 2.13. The molecule has 23 heavy (non-hydrogen) atoms. The van der Waals surface area contributed by atoms with E-state index in [1.165, 1.54) is 12.1 Å². The highest BCUT2D eigenvalue weighted by Crippen LogP contribution is 2.31. The van der Waals surface area contributed by atoms with Crippen LogP contribution in [-0.4, -0.2) is 26.2 Å². The van der Waals surface area contributed by atoms with Gasteiger partial charge in [0.25, 0.3) is 5.69 Å². The van der Waals surface area contributed by atoms with E-state index in [4.69, 9.17) is 4.42 Å². The number of rotatable bonds is 4. The summed E-state index contributed by atoms with van der Waals surface area (Å²) in [6.07, 6.45) is 0. The van der Waals surface area contributed by atoms with Crippen molar-refractivity contribution in [1.29, 1.82) is 0 Å². The number of carboxylic acids is 1. The lowest BCUT2D eigenvalue weighted by atomic mass is 10.1. The van der Waals surface area contributed by atoms with E-state index in [0.717, 1.165) is 6.07 Å². The molecule has 3 aromatic rings. The van der Waals surface area contributed by atoms with Crippen LogP contribution in [-0.2, 0) is 0 Å². The monoisotopic (exact) mass is 311 g/mol. The zero-order valence-electron chi connectivity index (χ0n) is 11.5. The minimum atomic E-state index is -1.44. The number of benzene rings is 2. The predicted octanol–water partition coefficient (Wildman–Crippen LogP) is 3.01. The molecule has 0 atom stereocenters. The van der Waals surface area contributed by atoms with E-state index < -0.39 is 22.1 Å². The van der Waals surface area contributed by atoms with Gasteiger partial charge in [0.05, 0.1) is 10.5 Å². The Bertz CT molecular complexity index is 889. The van der Waals surface area contributed by atoms with E-state index in [0.29, 0.717) is 5.56 Å². The number of aromatic carboxylic acids is 1. The minimum Gasteiger partial charge on any atom is -0.477 e. The van der Waals surface area contributed by atoms with Gasteiger partial charge in [-0.25, -0.2) is 4.79 Å². The molecule has 2 aromatic carbocycles. The van der Waals surface area contributed by atoms with Crippen LogP contribution in [0.25, 0.3) is 22.9 Å². The Morgan fingerprint density at radius 1 is 1.04 bits per heavy atom. The van der Waals surface area contributed by atoms with Gasteiger partial charge < -0.3 is 9.52 Å². The van der Waals surface area contributed by atoms with E-state index in [1.807, 2.05) is 6.07 Å². The number of carbonyl (C=O) groups is 1. The number of nitro groups is 1. The molecule has 114 valence electrons. The molecule has 0 fully saturated rings. The zero-order chi connectivity index (χ0) is 16.4. The maximum Gasteiger partial charge on any atom is 0.343 e. The number of hydrogen-bond acceptors (Lipinski definition) is 6. The van der Waals surface area contributed by atoms with Crippen LogP contribution in [0.3, 0.4) is 0 Å². The summed E-state index contributed by atoms with van der Waals surface area (Å²) < 4.78 is 5.47. The summed E-state index contributed by atoms with van der Waals surface area (Å²) in [5.74, 6) is -1.33. The maximum atomic E-state index is 11.4. The molecule has 1 aromatic heterocycles. The first kappa shape index (κ1) is 14.4. The van der Waals surface area contributed by atoms with Crippen LogP contribution >= 0.6 is 0 Å². The summed E-state index contributed by atoms with van der Waals surface area (Å²) in [4.78, 5) is 21.7. The van der Waals surface area contributed by atoms with Crippen LogP contribution in [0.1, 0.15) is 10.4 Å². The van der Waals surface area contributed by atoms with E-state index >= 15 is 0 Å². The molecule has 0 aliphatic rings. The Kier molecular flexibility index (Phi) is 3.55. The van der Waals surface area contributed by atoms with Crippen molar-refractivity contribution in [1.82, 2.24) is 10.2 Å². The van der Waals surface area contributed by atoms with Crippen molar-refractivity contribution < 1.29 is 19.2 Å². The molecule has 0 bridgehead atoms. The smallest absolute Gasteiger partial charge is 0.343 e. The van der Waals surface area contributed by atoms with Gasteiger partial charge in [-0.05, 0) is 18.2 Å². The second-order valence-electron chi connectivity index (χ2n) is 4.54.